The molecule has 0 fully saturated rings. The van der Waals surface area contributed by atoms with Crippen LogP contribution in [0.4, 0.5) is 0 Å². The SMILES string of the molecule is CC1=CC(C#N)=CC(C)C1c1cnccc1SC(C)(C)C(=O)O. The van der Waals surface area contributed by atoms with Crippen LogP contribution in [-0.4, -0.2) is 20.8 Å². The van der Waals surface area contributed by atoms with Crippen LogP contribution < -0.4 is 0 Å². The Kier molecular flexibility index (Phi) is 4.96. The number of hydrogen-bond acceptors (Lipinski definition) is 4. The molecule has 0 saturated heterocycles. The van der Waals surface area contributed by atoms with Gasteiger partial charge in [-0.1, -0.05) is 18.6 Å². The van der Waals surface area contributed by atoms with Gasteiger partial charge < -0.3 is 5.11 Å². The molecule has 120 valence electrons. The van der Waals surface area contributed by atoms with E-state index >= 15 is 0 Å². The third kappa shape index (κ3) is 3.65. The molecule has 1 heterocycles. The van der Waals surface area contributed by atoms with Gasteiger partial charge in [0.25, 0.3) is 0 Å². The number of nitriles is 1. The molecule has 1 aromatic rings. The Balaban J connectivity index is 2.43. The highest BCUT2D eigenvalue weighted by Gasteiger charge is 2.32. The van der Waals surface area contributed by atoms with Crippen LogP contribution in [-0.2, 0) is 4.79 Å². The van der Waals surface area contributed by atoms with Gasteiger partial charge in [-0.15, -0.1) is 11.8 Å². The van der Waals surface area contributed by atoms with Crippen molar-refractivity contribution >= 4 is 17.7 Å². The fraction of sp³-hybridized carbons (Fsp3) is 0.389. The zero-order chi connectivity index (χ0) is 17.2. The van der Waals surface area contributed by atoms with Crippen molar-refractivity contribution in [2.24, 2.45) is 5.92 Å². The molecule has 1 aromatic heterocycles. The van der Waals surface area contributed by atoms with E-state index in [4.69, 9.17) is 5.26 Å². The van der Waals surface area contributed by atoms with Gasteiger partial charge in [-0.3, -0.25) is 9.78 Å². The number of hydrogen-bond donors (Lipinski definition) is 1. The molecule has 1 N–H and O–H groups in total. The molecule has 1 aliphatic rings. The number of aliphatic carboxylic acids is 1. The summed E-state index contributed by atoms with van der Waals surface area (Å²) in [6.45, 7) is 7.48. The Hall–Kier alpha value is -2.06. The number of carboxylic acid groups (broad SMARTS) is 1. The van der Waals surface area contributed by atoms with E-state index in [0.29, 0.717) is 5.57 Å². The molecule has 0 radical (unpaired) electrons. The van der Waals surface area contributed by atoms with Crippen LogP contribution in [0.25, 0.3) is 0 Å². The van der Waals surface area contributed by atoms with Crippen LogP contribution in [0.2, 0.25) is 0 Å². The predicted octanol–water partition coefficient (Wildman–Crippen LogP) is 4.17. The summed E-state index contributed by atoms with van der Waals surface area (Å²) in [5, 5.41) is 18.5. The van der Waals surface area contributed by atoms with Crippen LogP contribution in [0.5, 0.6) is 0 Å². The lowest BCUT2D eigenvalue weighted by molar-refractivity contribution is -0.138. The molecule has 2 unspecified atom stereocenters. The van der Waals surface area contributed by atoms with Crippen molar-refractivity contribution in [1.82, 2.24) is 4.98 Å². The van der Waals surface area contributed by atoms with E-state index in [1.165, 1.54) is 11.8 Å². The van der Waals surface area contributed by atoms with Gasteiger partial charge in [0.2, 0.25) is 0 Å². The summed E-state index contributed by atoms with van der Waals surface area (Å²) in [6, 6.07) is 4.06. The Morgan fingerprint density at radius 3 is 2.74 bits per heavy atom. The lowest BCUT2D eigenvalue weighted by atomic mass is 9.78. The third-order valence-electron chi connectivity index (χ3n) is 4.00. The minimum absolute atomic E-state index is 0.105. The normalized spacial score (nSPS) is 21.2. The highest BCUT2D eigenvalue weighted by atomic mass is 32.2. The molecule has 0 aliphatic heterocycles. The average Bonchev–Trinajstić information content (AvgIpc) is 2.47. The summed E-state index contributed by atoms with van der Waals surface area (Å²) in [5.41, 5.74) is 2.79. The Morgan fingerprint density at radius 2 is 2.17 bits per heavy atom. The Bertz CT molecular complexity index is 729. The molecule has 2 atom stereocenters. The van der Waals surface area contributed by atoms with E-state index in [2.05, 4.69) is 18.0 Å². The predicted molar refractivity (Wildman–Crippen MR) is 91.2 cm³/mol. The molecule has 1 aliphatic carbocycles. The molecule has 0 aromatic carbocycles. The molecule has 4 nitrogen and oxygen atoms in total. The van der Waals surface area contributed by atoms with Gasteiger partial charge in [-0.25, -0.2) is 0 Å². The lowest BCUT2D eigenvalue weighted by Gasteiger charge is -2.29. The van der Waals surface area contributed by atoms with Crippen LogP contribution in [0.15, 0.2) is 46.7 Å². The van der Waals surface area contributed by atoms with Gasteiger partial charge >= 0.3 is 5.97 Å². The monoisotopic (exact) mass is 328 g/mol. The molecule has 0 amide bonds. The van der Waals surface area contributed by atoms with E-state index in [-0.39, 0.29) is 11.8 Å². The number of nitrogens with zero attached hydrogens (tertiary/aromatic N) is 2. The third-order valence-corrected chi connectivity index (χ3v) is 5.27. The minimum Gasteiger partial charge on any atom is -0.480 e. The van der Waals surface area contributed by atoms with Gasteiger partial charge in [-0.05, 0) is 44.4 Å². The molecule has 23 heavy (non-hydrogen) atoms. The molecule has 0 saturated carbocycles. The molecular weight excluding hydrogens is 308 g/mol. The van der Waals surface area contributed by atoms with Gasteiger partial charge in [0.05, 0.1) is 6.07 Å². The van der Waals surface area contributed by atoms with Crippen LogP contribution >= 0.6 is 11.8 Å². The first-order chi connectivity index (χ1) is 10.8. The van der Waals surface area contributed by atoms with Crippen molar-refractivity contribution in [3.05, 3.63) is 47.3 Å². The van der Waals surface area contributed by atoms with E-state index in [0.717, 1.165) is 16.0 Å². The molecule has 5 heteroatoms. The summed E-state index contributed by atoms with van der Waals surface area (Å²) in [5.74, 6) is -0.583. The zero-order valence-corrected chi connectivity index (χ0v) is 14.5. The highest BCUT2D eigenvalue weighted by molar-refractivity contribution is 8.01. The smallest absolute Gasteiger partial charge is 0.319 e. The van der Waals surface area contributed by atoms with Gasteiger partial charge in [0.15, 0.2) is 0 Å². The first kappa shape index (κ1) is 17.3. The summed E-state index contributed by atoms with van der Waals surface area (Å²) < 4.78 is -0.917. The maximum atomic E-state index is 11.4. The average molecular weight is 328 g/mol. The topological polar surface area (TPSA) is 74.0 Å². The van der Waals surface area contributed by atoms with Crippen LogP contribution in [0, 0.1) is 17.2 Å². The fourth-order valence-electron chi connectivity index (χ4n) is 2.81. The first-order valence-electron chi connectivity index (χ1n) is 7.42. The number of rotatable bonds is 4. The second kappa shape index (κ2) is 6.59. The van der Waals surface area contributed by atoms with Crippen molar-refractivity contribution in [3.63, 3.8) is 0 Å². The Morgan fingerprint density at radius 1 is 1.48 bits per heavy atom. The van der Waals surface area contributed by atoms with Crippen molar-refractivity contribution in [1.29, 1.82) is 5.26 Å². The van der Waals surface area contributed by atoms with E-state index in [9.17, 15) is 9.90 Å². The van der Waals surface area contributed by atoms with Gasteiger partial charge in [0.1, 0.15) is 4.75 Å². The van der Waals surface area contributed by atoms with Crippen LogP contribution in [0.3, 0.4) is 0 Å². The van der Waals surface area contributed by atoms with Gasteiger partial charge in [-0.2, -0.15) is 5.26 Å². The summed E-state index contributed by atoms with van der Waals surface area (Å²) in [6.07, 6.45) is 7.35. The molecule has 0 spiro atoms. The summed E-state index contributed by atoms with van der Waals surface area (Å²) in [4.78, 5) is 16.6. The number of allylic oxidation sites excluding steroid dienone is 4. The second-order valence-electron chi connectivity index (χ2n) is 6.29. The van der Waals surface area contributed by atoms with Gasteiger partial charge in [0, 0.05) is 28.8 Å². The van der Waals surface area contributed by atoms with Crippen molar-refractivity contribution in [2.45, 2.75) is 43.3 Å². The Labute approximate surface area is 140 Å². The fourth-order valence-corrected chi connectivity index (χ4v) is 3.88. The summed E-state index contributed by atoms with van der Waals surface area (Å²) >= 11 is 1.33. The molecular formula is C18H20N2O2S. The number of carboxylic acids is 1. The van der Waals surface area contributed by atoms with Crippen molar-refractivity contribution < 1.29 is 9.90 Å². The van der Waals surface area contributed by atoms with E-state index in [1.54, 1.807) is 20.0 Å². The van der Waals surface area contributed by atoms with E-state index in [1.807, 2.05) is 31.3 Å². The standard InChI is InChI=1S/C18H20N2O2S/c1-11-7-13(9-19)8-12(2)16(11)14-10-20-6-5-15(14)23-18(3,4)17(21)22/h5-8,10-11,16H,1-4H3,(H,21,22). The minimum atomic E-state index is -0.917. The summed E-state index contributed by atoms with van der Waals surface area (Å²) in [7, 11) is 0. The zero-order valence-electron chi connectivity index (χ0n) is 13.7. The first-order valence-corrected chi connectivity index (χ1v) is 8.24. The van der Waals surface area contributed by atoms with Crippen LogP contribution in [0.1, 0.15) is 39.2 Å². The number of aromatic nitrogens is 1. The highest BCUT2D eigenvalue weighted by Crippen LogP contribution is 2.43. The van der Waals surface area contributed by atoms with E-state index < -0.39 is 10.7 Å². The van der Waals surface area contributed by atoms with Crippen molar-refractivity contribution in [2.75, 3.05) is 0 Å². The number of carbonyl (C=O) groups is 1. The number of pyridine rings is 1. The molecule has 2 rings (SSSR count). The molecule has 0 bridgehead atoms. The second-order valence-corrected chi connectivity index (χ2v) is 7.95. The quantitative estimate of drug-likeness (QED) is 0.840. The maximum absolute atomic E-state index is 11.4. The van der Waals surface area contributed by atoms with Crippen molar-refractivity contribution in [3.8, 4) is 6.07 Å². The number of thioether (sulfide) groups is 1. The lowest BCUT2D eigenvalue weighted by Crippen LogP contribution is -2.27. The maximum Gasteiger partial charge on any atom is 0.319 e. The largest absolute Gasteiger partial charge is 0.480 e.